The van der Waals surface area contributed by atoms with Crippen LogP contribution in [0, 0.1) is 0 Å². The van der Waals surface area contributed by atoms with Crippen molar-refractivity contribution in [1.29, 1.82) is 0 Å². The second-order valence-corrected chi connectivity index (χ2v) is 1.35. The van der Waals surface area contributed by atoms with Crippen LogP contribution in [0.5, 0.6) is 0 Å². The summed E-state index contributed by atoms with van der Waals surface area (Å²) in [6.45, 7) is 4.42. The summed E-state index contributed by atoms with van der Waals surface area (Å²) >= 11 is 0. The smallest absolute Gasteiger partial charge is 0.0538 e. The standard InChI is InChI=1S/C5H12.H3NO/c1-3-5-4-2;1-2/h3-5H2,1-2H3;2H,1H2. The molecule has 0 saturated heterocycles. The lowest BCUT2D eigenvalue weighted by Gasteiger charge is -1.79. The lowest BCUT2D eigenvalue weighted by molar-refractivity contribution is 0.311. The van der Waals surface area contributed by atoms with E-state index < -0.39 is 0 Å². The minimum atomic E-state index is 1.34. The van der Waals surface area contributed by atoms with Crippen molar-refractivity contribution < 1.29 is 5.21 Å². The van der Waals surface area contributed by atoms with Gasteiger partial charge in [0, 0.05) is 0 Å². The summed E-state index contributed by atoms with van der Waals surface area (Å²) in [7, 11) is 0. The Morgan fingerprint density at radius 1 is 1.14 bits per heavy atom. The van der Waals surface area contributed by atoms with Gasteiger partial charge in [-0.2, -0.15) is 0 Å². The Kier molecular flexibility index (Phi) is 24.1. The van der Waals surface area contributed by atoms with Gasteiger partial charge in [-0.15, -0.1) is 0 Å². The van der Waals surface area contributed by atoms with Gasteiger partial charge in [0.2, 0.25) is 0 Å². The summed E-state index contributed by atoms with van der Waals surface area (Å²) in [6.07, 6.45) is 4.08. The minimum absolute atomic E-state index is 1.34. The lowest BCUT2D eigenvalue weighted by atomic mass is 10.3. The molecule has 0 aliphatic heterocycles. The fraction of sp³-hybridized carbons (Fsp3) is 1.00. The zero-order valence-electron chi connectivity index (χ0n) is 5.15. The van der Waals surface area contributed by atoms with E-state index in [0.717, 1.165) is 0 Å². The van der Waals surface area contributed by atoms with Gasteiger partial charge in [-0.25, -0.2) is 5.90 Å². The monoisotopic (exact) mass is 105 g/mol. The van der Waals surface area contributed by atoms with Gasteiger partial charge < -0.3 is 5.21 Å². The van der Waals surface area contributed by atoms with Crippen molar-refractivity contribution in [3.63, 3.8) is 0 Å². The largest absolute Gasteiger partial charge is 0.320 e. The van der Waals surface area contributed by atoms with Gasteiger partial charge in [-0.1, -0.05) is 33.1 Å². The molecule has 3 N–H and O–H groups in total. The molecule has 0 amide bonds. The molecule has 0 atom stereocenters. The third-order valence-corrected chi connectivity index (χ3v) is 0.707. The maximum Gasteiger partial charge on any atom is -0.0538 e. The van der Waals surface area contributed by atoms with E-state index in [-0.39, 0.29) is 0 Å². The molecule has 0 saturated carbocycles. The van der Waals surface area contributed by atoms with E-state index in [4.69, 9.17) is 5.21 Å². The Labute approximate surface area is 45.3 Å². The molecule has 0 spiro atoms. The van der Waals surface area contributed by atoms with Gasteiger partial charge in [0.1, 0.15) is 0 Å². The van der Waals surface area contributed by atoms with Crippen LogP contribution < -0.4 is 5.90 Å². The Hall–Kier alpha value is -0.0800. The number of hydrogen-bond acceptors (Lipinski definition) is 2. The number of unbranched alkanes of at least 4 members (excludes halogenated alkanes) is 2. The Morgan fingerprint density at radius 2 is 1.43 bits per heavy atom. The van der Waals surface area contributed by atoms with Crippen molar-refractivity contribution in [3.8, 4) is 0 Å². The highest BCUT2D eigenvalue weighted by molar-refractivity contribution is 4.24. The quantitative estimate of drug-likeness (QED) is 0.523. The van der Waals surface area contributed by atoms with Crippen LogP contribution in [0.1, 0.15) is 33.1 Å². The molecule has 0 aromatic carbocycles. The molecule has 7 heavy (non-hydrogen) atoms. The Bertz CT molecular complexity index is 15.6. The second-order valence-electron chi connectivity index (χ2n) is 1.35. The Morgan fingerprint density at radius 3 is 1.43 bits per heavy atom. The third-order valence-electron chi connectivity index (χ3n) is 0.707. The van der Waals surface area contributed by atoms with E-state index in [2.05, 4.69) is 19.7 Å². The molecule has 2 heteroatoms. The molecule has 0 fully saturated rings. The van der Waals surface area contributed by atoms with E-state index >= 15 is 0 Å². The molecule has 0 aliphatic rings. The predicted molar refractivity (Wildman–Crippen MR) is 31.2 cm³/mol. The van der Waals surface area contributed by atoms with Crippen LogP contribution in [0.4, 0.5) is 0 Å². The molecular weight excluding hydrogens is 90.1 g/mol. The Balaban J connectivity index is 0. The first kappa shape index (κ1) is 10.0. The van der Waals surface area contributed by atoms with Crippen LogP contribution in [0.25, 0.3) is 0 Å². The zero-order valence-corrected chi connectivity index (χ0v) is 5.15. The van der Waals surface area contributed by atoms with Crippen LogP contribution >= 0.6 is 0 Å². The average Bonchev–Trinajstić information content (AvgIpc) is 1.75. The number of rotatable bonds is 2. The summed E-state index contributed by atoms with van der Waals surface area (Å²) < 4.78 is 0. The van der Waals surface area contributed by atoms with Gasteiger partial charge in [0.05, 0.1) is 0 Å². The summed E-state index contributed by atoms with van der Waals surface area (Å²) in [4.78, 5) is 0. The maximum atomic E-state index is 6.50. The van der Waals surface area contributed by atoms with Crippen molar-refractivity contribution in [2.24, 2.45) is 5.90 Å². The van der Waals surface area contributed by atoms with Gasteiger partial charge in [-0.05, 0) is 0 Å². The van der Waals surface area contributed by atoms with E-state index in [1.165, 1.54) is 19.3 Å². The van der Waals surface area contributed by atoms with Gasteiger partial charge in [-0.3, -0.25) is 0 Å². The molecule has 0 rings (SSSR count). The van der Waals surface area contributed by atoms with Crippen LogP contribution in [-0.2, 0) is 0 Å². The van der Waals surface area contributed by atoms with Crippen LogP contribution in [-0.4, -0.2) is 5.21 Å². The van der Waals surface area contributed by atoms with Crippen LogP contribution in [0.15, 0.2) is 0 Å². The van der Waals surface area contributed by atoms with Gasteiger partial charge in [0.25, 0.3) is 0 Å². The van der Waals surface area contributed by atoms with E-state index in [9.17, 15) is 0 Å². The third kappa shape index (κ3) is 24.7. The fourth-order valence-electron chi connectivity index (χ4n) is 0.354. The zero-order chi connectivity index (χ0) is 6.12. The summed E-state index contributed by atoms with van der Waals surface area (Å²) in [6, 6.07) is 0. The predicted octanol–water partition coefficient (Wildman–Crippen LogP) is 1.53. The summed E-state index contributed by atoms with van der Waals surface area (Å²) in [5.41, 5.74) is 0. The molecule has 0 heterocycles. The van der Waals surface area contributed by atoms with Crippen molar-refractivity contribution in [2.45, 2.75) is 33.1 Å². The van der Waals surface area contributed by atoms with Crippen molar-refractivity contribution in [2.75, 3.05) is 0 Å². The molecule has 0 aromatic rings. The fourth-order valence-corrected chi connectivity index (χ4v) is 0.354. The lowest BCUT2D eigenvalue weighted by Crippen LogP contribution is -1.72. The molecule has 0 aliphatic carbocycles. The first-order chi connectivity index (χ1) is 3.41. The minimum Gasteiger partial charge on any atom is -0.320 e. The van der Waals surface area contributed by atoms with E-state index in [0.29, 0.717) is 0 Å². The number of hydrogen-bond donors (Lipinski definition) is 2. The van der Waals surface area contributed by atoms with E-state index in [1.54, 1.807) is 0 Å². The highest BCUT2D eigenvalue weighted by atomic mass is 16.4. The first-order valence-electron chi connectivity index (χ1n) is 2.67. The molecule has 2 nitrogen and oxygen atoms in total. The molecule has 46 valence electrons. The van der Waals surface area contributed by atoms with Crippen molar-refractivity contribution in [3.05, 3.63) is 0 Å². The molecule has 0 radical (unpaired) electrons. The van der Waals surface area contributed by atoms with Gasteiger partial charge >= 0.3 is 0 Å². The normalized spacial score (nSPS) is 6.86. The van der Waals surface area contributed by atoms with Crippen molar-refractivity contribution in [1.82, 2.24) is 0 Å². The van der Waals surface area contributed by atoms with Crippen molar-refractivity contribution >= 4 is 0 Å². The highest BCUT2D eigenvalue weighted by Gasteiger charge is 1.68. The maximum absolute atomic E-state index is 6.50. The van der Waals surface area contributed by atoms with Gasteiger partial charge in [0.15, 0.2) is 0 Å². The molecule has 0 bridgehead atoms. The first-order valence-corrected chi connectivity index (χ1v) is 2.67. The highest BCUT2D eigenvalue weighted by Crippen LogP contribution is 1.88. The summed E-state index contributed by atoms with van der Waals surface area (Å²) in [5.74, 6) is 3.50. The topological polar surface area (TPSA) is 46.2 Å². The van der Waals surface area contributed by atoms with Crippen LogP contribution in [0.2, 0.25) is 0 Å². The average molecular weight is 105 g/mol. The number of nitrogens with two attached hydrogens (primary N) is 1. The summed E-state index contributed by atoms with van der Waals surface area (Å²) in [5, 5.41) is 6.50. The second kappa shape index (κ2) is 16.8. The molecule has 0 unspecified atom stereocenters. The molecule has 0 aromatic heterocycles. The van der Waals surface area contributed by atoms with Crippen LogP contribution in [0.3, 0.4) is 0 Å². The van der Waals surface area contributed by atoms with E-state index in [1.807, 2.05) is 0 Å². The SMILES string of the molecule is CCCCC.NO. The molecular formula is C5H15NO.